The van der Waals surface area contributed by atoms with Crippen molar-refractivity contribution < 1.29 is 24.2 Å². The Labute approximate surface area is 190 Å². The average molecular weight is 459 g/mol. The van der Waals surface area contributed by atoms with E-state index >= 15 is 0 Å². The molecule has 1 atom stereocenters. The summed E-state index contributed by atoms with van der Waals surface area (Å²) in [5.74, 6) is -0.353. The second-order valence-corrected chi connectivity index (χ2v) is 8.14. The van der Waals surface area contributed by atoms with Gasteiger partial charge in [-0.25, -0.2) is 4.98 Å². The monoisotopic (exact) mass is 458 g/mol. The number of carboxylic acid groups (broad SMARTS) is 1. The van der Waals surface area contributed by atoms with Gasteiger partial charge in [-0.3, -0.25) is 9.59 Å². The van der Waals surface area contributed by atoms with Crippen LogP contribution in [0.25, 0.3) is 0 Å². The van der Waals surface area contributed by atoms with Crippen molar-refractivity contribution in [1.82, 2.24) is 10.3 Å². The van der Waals surface area contributed by atoms with Crippen molar-refractivity contribution in [3.63, 3.8) is 0 Å². The largest absolute Gasteiger partial charge is 0.496 e. The number of aliphatic carboxylic acids is 1. The molecule has 3 N–H and O–H groups in total. The van der Waals surface area contributed by atoms with Crippen LogP contribution in [0.1, 0.15) is 40.9 Å². The Hall–Kier alpha value is -3.35. The second kappa shape index (κ2) is 9.85. The average Bonchev–Trinajstić information content (AvgIpc) is 2.75. The third-order valence-electron chi connectivity index (χ3n) is 5.25. The van der Waals surface area contributed by atoms with Gasteiger partial charge in [-0.1, -0.05) is 11.6 Å². The lowest BCUT2D eigenvalue weighted by atomic mass is 9.82. The maximum absolute atomic E-state index is 12.5. The number of anilines is 1. The number of methoxy groups -OCH3 is 1. The molecular formula is C22H23ClN4O5. The first-order valence-corrected chi connectivity index (χ1v) is 10.2. The van der Waals surface area contributed by atoms with Gasteiger partial charge in [0.05, 0.1) is 55.0 Å². The highest BCUT2D eigenvalue weighted by molar-refractivity contribution is 6.33. The van der Waals surface area contributed by atoms with E-state index in [1.165, 1.54) is 12.3 Å². The van der Waals surface area contributed by atoms with Gasteiger partial charge in [-0.2, -0.15) is 5.26 Å². The molecule has 1 saturated heterocycles. The predicted octanol–water partition coefficient (Wildman–Crippen LogP) is 3.01. The molecule has 3 rings (SSSR count). The normalized spacial score (nSPS) is 15.1. The zero-order chi connectivity index (χ0) is 23.3. The zero-order valence-corrected chi connectivity index (χ0v) is 18.4. The number of amides is 1. The molecule has 32 heavy (non-hydrogen) atoms. The number of carbonyl (C=O) groups is 2. The van der Waals surface area contributed by atoms with Gasteiger partial charge in [0.15, 0.2) is 0 Å². The van der Waals surface area contributed by atoms with E-state index in [0.29, 0.717) is 17.1 Å². The number of nitrogens with one attached hydrogen (secondary N) is 2. The Morgan fingerprint density at radius 3 is 2.72 bits per heavy atom. The Morgan fingerprint density at radius 2 is 2.16 bits per heavy atom. The van der Waals surface area contributed by atoms with Crippen LogP contribution in [0.3, 0.4) is 0 Å². The Morgan fingerprint density at radius 1 is 1.41 bits per heavy atom. The van der Waals surface area contributed by atoms with Crippen molar-refractivity contribution in [2.45, 2.75) is 19.4 Å². The van der Waals surface area contributed by atoms with Crippen LogP contribution >= 0.6 is 11.6 Å². The molecule has 0 bridgehead atoms. The molecule has 0 saturated carbocycles. The summed E-state index contributed by atoms with van der Waals surface area (Å²) in [4.78, 5) is 27.8. The number of nitriles is 1. The van der Waals surface area contributed by atoms with Crippen LogP contribution in [0.5, 0.6) is 5.75 Å². The maximum Gasteiger partial charge on any atom is 0.304 e. The fraction of sp³-hybridized carbons (Fsp3) is 0.364. The highest BCUT2D eigenvalue weighted by Crippen LogP contribution is 2.32. The fourth-order valence-electron chi connectivity index (χ4n) is 3.44. The smallest absolute Gasteiger partial charge is 0.304 e. The lowest BCUT2D eigenvalue weighted by molar-refractivity contribution is -0.155. The van der Waals surface area contributed by atoms with Gasteiger partial charge in [0.2, 0.25) is 0 Å². The van der Waals surface area contributed by atoms with E-state index in [0.717, 1.165) is 5.56 Å². The van der Waals surface area contributed by atoms with Gasteiger partial charge >= 0.3 is 5.97 Å². The van der Waals surface area contributed by atoms with Crippen molar-refractivity contribution in [2.75, 3.05) is 32.2 Å². The summed E-state index contributed by atoms with van der Waals surface area (Å²) in [5.41, 5.74) is 0.922. The first kappa shape index (κ1) is 23.3. The molecule has 1 aromatic carbocycles. The molecule has 168 valence electrons. The van der Waals surface area contributed by atoms with E-state index in [1.54, 1.807) is 25.3 Å². The van der Waals surface area contributed by atoms with Crippen molar-refractivity contribution in [1.29, 1.82) is 5.26 Å². The number of hydrogen-bond donors (Lipinski definition) is 3. The molecule has 2 heterocycles. The molecule has 1 aromatic heterocycles. The maximum atomic E-state index is 12.5. The van der Waals surface area contributed by atoms with Crippen LogP contribution in [0, 0.1) is 16.7 Å². The summed E-state index contributed by atoms with van der Waals surface area (Å²) < 4.78 is 10.5. The van der Waals surface area contributed by atoms with Crippen LogP contribution in [-0.4, -0.2) is 48.8 Å². The molecule has 9 nitrogen and oxygen atoms in total. The molecule has 1 fully saturated rings. The molecule has 2 aromatic rings. The van der Waals surface area contributed by atoms with E-state index in [9.17, 15) is 9.59 Å². The van der Waals surface area contributed by atoms with Gasteiger partial charge in [0.25, 0.3) is 5.91 Å². The molecule has 0 unspecified atom stereocenters. The first-order chi connectivity index (χ1) is 15.3. The van der Waals surface area contributed by atoms with Crippen LogP contribution in [0.15, 0.2) is 30.5 Å². The third kappa shape index (κ3) is 5.28. The number of ether oxygens (including phenoxy) is 2. The molecule has 0 spiro atoms. The van der Waals surface area contributed by atoms with E-state index in [1.807, 2.05) is 6.92 Å². The predicted molar refractivity (Wildman–Crippen MR) is 117 cm³/mol. The molecule has 10 heteroatoms. The van der Waals surface area contributed by atoms with E-state index < -0.39 is 17.3 Å². The molecule has 1 amide bonds. The van der Waals surface area contributed by atoms with Crippen molar-refractivity contribution in [3.05, 3.63) is 52.2 Å². The van der Waals surface area contributed by atoms with Crippen LogP contribution in [0.4, 0.5) is 5.82 Å². The van der Waals surface area contributed by atoms with Gasteiger partial charge in [0.1, 0.15) is 11.6 Å². The standard InChI is InChI=1S/C22H23ClN4O5/c1-13(16-5-14(8-24)3-4-18(16)31-2)27-20-17(23)6-15(9-25-20)21(30)26-10-22(7-19(28)29)11-32-12-22/h3-6,9,13H,7,10-12H2,1-2H3,(H,25,27)(H,26,30)(H,28,29)/t13-/m0/s1. The SMILES string of the molecule is COc1ccc(C#N)cc1[C@H](C)Nc1ncc(C(=O)NCC2(CC(=O)O)COC2)cc1Cl. The quantitative estimate of drug-likeness (QED) is 0.522. The number of nitrogens with zero attached hydrogens (tertiary/aromatic N) is 2. The van der Waals surface area contributed by atoms with E-state index in [2.05, 4.69) is 21.7 Å². The molecule has 1 aliphatic rings. The minimum absolute atomic E-state index is 0.0799. The Kier molecular flexibility index (Phi) is 7.18. The second-order valence-electron chi connectivity index (χ2n) is 7.73. The number of hydrogen-bond acceptors (Lipinski definition) is 7. The first-order valence-electron chi connectivity index (χ1n) is 9.85. The number of carboxylic acids is 1. The number of pyridine rings is 1. The van der Waals surface area contributed by atoms with Crippen molar-refractivity contribution in [2.24, 2.45) is 5.41 Å². The summed E-state index contributed by atoms with van der Waals surface area (Å²) in [7, 11) is 1.55. The Bertz CT molecular complexity index is 1060. The number of benzene rings is 1. The highest BCUT2D eigenvalue weighted by atomic mass is 35.5. The summed E-state index contributed by atoms with van der Waals surface area (Å²) in [6, 6.07) is 8.43. The molecule has 0 radical (unpaired) electrons. The van der Waals surface area contributed by atoms with Crippen LogP contribution < -0.4 is 15.4 Å². The van der Waals surface area contributed by atoms with Crippen molar-refractivity contribution in [3.8, 4) is 11.8 Å². The summed E-state index contributed by atoms with van der Waals surface area (Å²) in [6.45, 7) is 2.63. The topological polar surface area (TPSA) is 134 Å². The minimum Gasteiger partial charge on any atom is -0.496 e. The molecular weight excluding hydrogens is 436 g/mol. The zero-order valence-electron chi connectivity index (χ0n) is 17.6. The molecule has 1 aliphatic heterocycles. The minimum atomic E-state index is -0.936. The fourth-order valence-corrected chi connectivity index (χ4v) is 3.66. The lowest BCUT2D eigenvalue weighted by Crippen LogP contribution is -2.52. The van der Waals surface area contributed by atoms with Crippen molar-refractivity contribution >= 4 is 29.3 Å². The Balaban J connectivity index is 1.68. The summed E-state index contributed by atoms with van der Waals surface area (Å²) in [5, 5.41) is 24.4. The number of rotatable bonds is 9. The van der Waals surface area contributed by atoms with Crippen LogP contribution in [0.2, 0.25) is 5.02 Å². The van der Waals surface area contributed by atoms with E-state index in [-0.39, 0.29) is 42.8 Å². The number of aromatic nitrogens is 1. The number of carbonyl (C=O) groups excluding carboxylic acids is 1. The number of halogens is 1. The lowest BCUT2D eigenvalue weighted by Gasteiger charge is -2.40. The van der Waals surface area contributed by atoms with Gasteiger partial charge < -0.3 is 25.2 Å². The highest BCUT2D eigenvalue weighted by Gasteiger charge is 2.41. The third-order valence-corrected chi connectivity index (χ3v) is 5.54. The van der Waals surface area contributed by atoms with Crippen LogP contribution in [-0.2, 0) is 9.53 Å². The molecule has 0 aliphatic carbocycles. The van der Waals surface area contributed by atoms with Gasteiger partial charge in [-0.05, 0) is 31.2 Å². The van der Waals surface area contributed by atoms with Gasteiger partial charge in [-0.15, -0.1) is 0 Å². The summed E-state index contributed by atoms with van der Waals surface area (Å²) in [6.07, 6.45) is 1.31. The summed E-state index contributed by atoms with van der Waals surface area (Å²) >= 11 is 6.35. The van der Waals surface area contributed by atoms with E-state index in [4.69, 9.17) is 31.4 Å². The van der Waals surface area contributed by atoms with Gasteiger partial charge in [0, 0.05) is 23.7 Å².